The Morgan fingerprint density at radius 1 is 1.04 bits per heavy atom. The Kier molecular flexibility index (Phi) is 4.58. The maximum atomic E-state index is 12.7. The van der Waals surface area contributed by atoms with E-state index in [-0.39, 0.29) is 12.5 Å². The second kappa shape index (κ2) is 7.33. The maximum Gasteiger partial charge on any atom is 0.259 e. The molecule has 5 nitrogen and oxygen atoms in total. The largest absolute Gasteiger partial charge is 0.486 e. The van der Waals surface area contributed by atoms with Gasteiger partial charge in [-0.2, -0.15) is 0 Å². The van der Waals surface area contributed by atoms with Crippen molar-refractivity contribution in [3.63, 3.8) is 0 Å². The van der Waals surface area contributed by atoms with E-state index in [1.54, 1.807) is 12.1 Å². The third kappa shape index (κ3) is 3.67. The topological polar surface area (TPSA) is 55.6 Å². The van der Waals surface area contributed by atoms with Crippen molar-refractivity contribution in [3.8, 4) is 5.75 Å². The Morgan fingerprint density at radius 2 is 1.81 bits per heavy atom. The van der Waals surface area contributed by atoms with Crippen molar-refractivity contribution in [2.24, 2.45) is 0 Å². The van der Waals surface area contributed by atoms with Gasteiger partial charge in [0.25, 0.3) is 5.91 Å². The number of carbonyl (C=O) groups excluding carboxylic acids is 1. The zero-order valence-corrected chi connectivity index (χ0v) is 14.9. The first-order valence-electron chi connectivity index (χ1n) is 8.72. The number of aromatic nitrogens is 2. The molecule has 1 amide bonds. The number of ether oxygens (including phenoxy) is 1. The zero-order valence-electron chi connectivity index (χ0n) is 14.9. The van der Waals surface area contributed by atoms with Gasteiger partial charge in [-0.15, -0.1) is 0 Å². The van der Waals surface area contributed by atoms with Crippen LogP contribution >= 0.6 is 0 Å². The number of nitrogens with zero attached hydrogens (tertiary/aromatic N) is 2. The molecule has 4 aromatic rings. The Hall–Kier alpha value is -3.60. The number of fused-ring (bicyclic) bond motifs is 1. The monoisotopic (exact) mass is 357 g/mol. The van der Waals surface area contributed by atoms with Crippen molar-refractivity contribution in [2.45, 2.75) is 13.5 Å². The van der Waals surface area contributed by atoms with Crippen LogP contribution in [0.3, 0.4) is 0 Å². The third-order valence-corrected chi connectivity index (χ3v) is 4.31. The summed E-state index contributed by atoms with van der Waals surface area (Å²) < 4.78 is 7.85. The fourth-order valence-corrected chi connectivity index (χ4v) is 2.89. The van der Waals surface area contributed by atoms with E-state index in [1.807, 2.05) is 78.3 Å². The van der Waals surface area contributed by atoms with Crippen molar-refractivity contribution in [1.29, 1.82) is 0 Å². The molecule has 0 saturated heterocycles. The van der Waals surface area contributed by atoms with E-state index in [9.17, 15) is 4.79 Å². The smallest absolute Gasteiger partial charge is 0.259 e. The SMILES string of the molecule is Cc1ccccc1NC(=O)c1ccccc1OCc1cn2ccccc2n1. The van der Waals surface area contributed by atoms with E-state index in [0.29, 0.717) is 11.3 Å². The molecule has 4 rings (SSSR count). The predicted molar refractivity (Wildman–Crippen MR) is 105 cm³/mol. The van der Waals surface area contributed by atoms with Crippen LogP contribution in [0.15, 0.2) is 79.1 Å². The average molecular weight is 357 g/mol. The number of aryl methyl sites for hydroxylation is 1. The lowest BCUT2D eigenvalue weighted by Crippen LogP contribution is -2.14. The van der Waals surface area contributed by atoms with Gasteiger partial charge in [0.15, 0.2) is 0 Å². The highest BCUT2D eigenvalue weighted by Crippen LogP contribution is 2.22. The maximum absolute atomic E-state index is 12.7. The summed E-state index contributed by atoms with van der Waals surface area (Å²) in [6.45, 7) is 2.25. The Labute approximate surface area is 157 Å². The Balaban J connectivity index is 1.52. The van der Waals surface area contributed by atoms with E-state index < -0.39 is 0 Å². The van der Waals surface area contributed by atoms with Crippen molar-refractivity contribution in [3.05, 3.63) is 95.9 Å². The number of hydrogen-bond donors (Lipinski definition) is 1. The van der Waals surface area contributed by atoms with Crippen LogP contribution in [-0.2, 0) is 6.61 Å². The molecule has 0 aliphatic heterocycles. The first kappa shape index (κ1) is 16.8. The fraction of sp³-hybridized carbons (Fsp3) is 0.0909. The first-order valence-corrected chi connectivity index (χ1v) is 8.72. The lowest BCUT2D eigenvalue weighted by Gasteiger charge is -2.12. The quantitative estimate of drug-likeness (QED) is 0.573. The van der Waals surface area contributed by atoms with E-state index in [1.165, 1.54) is 0 Å². The highest BCUT2D eigenvalue weighted by molar-refractivity contribution is 6.06. The molecule has 134 valence electrons. The van der Waals surface area contributed by atoms with Crippen LogP contribution in [0, 0.1) is 6.92 Å². The number of pyridine rings is 1. The van der Waals surface area contributed by atoms with Crippen LogP contribution in [0.5, 0.6) is 5.75 Å². The first-order chi connectivity index (χ1) is 13.2. The molecule has 27 heavy (non-hydrogen) atoms. The van der Waals surface area contributed by atoms with Gasteiger partial charge < -0.3 is 14.5 Å². The molecule has 0 unspecified atom stereocenters. The third-order valence-electron chi connectivity index (χ3n) is 4.31. The van der Waals surface area contributed by atoms with E-state index in [4.69, 9.17) is 4.74 Å². The highest BCUT2D eigenvalue weighted by atomic mass is 16.5. The predicted octanol–water partition coefficient (Wildman–Crippen LogP) is 4.47. The molecular formula is C22H19N3O2. The van der Waals surface area contributed by atoms with Gasteiger partial charge in [-0.05, 0) is 42.8 Å². The standard InChI is InChI=1S/C22H19N3O2/c1-16-8-2-4-10-19(16)24-22(26)18-9-3-5-11-20(18)27-15-17-14-25-13-7-6-12-21(25)23-17/h2-14H,15H2,1H3,(H,24,26). The number of para-hydroxylation sites is 2. The summed E-state index contributed by atoms with van der Waals surface area (Å²) in [6, 6.07) is 20.7. The summed E-state index contributed by atoms with van der Waals surface area (Å²) in [5.41, 5.74) is 3.95. The molecule has 0 aliphatic carbocycles. The number of benzene rings is 2. The molecule has 2 aromatic heterocycles. The van der Waals surface area contributed by atoms with Gasteiger partial charge >= 0.3 is 0 Å². The Bertz CT molecular complexity index is 1070. The van der Waals surface area contributed by atoms with Gasteiger partial charge in [-0.1, -0.05) is 36.4 Å². The number of imidazole rings is 1. The lowest BCUT2D eigenvalue weighted by atomic mass is 10.1. The lowest BCUT2D eigenvalue weighted by molar-refractivity contribution is 0.102. The zero-order chi connectivity index (χ0) is 18.6. The van der Waals surface area contributed by atoms with Gasteiger partial charge in [-0.25, -0.2) is 4.98 Å². The van der Waals surface area contributed by atoms with E-state index in [2.05, 4.69) is 10.3 Å². The number of carbonyl (C=O) groups is 1. The van der Waals surface area contributed by atoms with Crippen LogP contribution in [0.1, 0.15) is 21.6 Å². The summed E-state index contributed by atoms with van der Waals surface area (Å²) in [6.07, 6.45) is 3.86. The van der Waals surface area contributed by atoms with E-state index >= 15 is 0 Å². The molecule has 0 bridgehead atoms. The Morgan fingerprint density at radius 3 is 2.67 bits per heavy atom. The number of amides is 1. The molecule has 0 radical (unpaired) electrons. The molecule has 0 saturated carbocycles. The van der Waals surface area contributed by atoms with Gasteiger partial charge in [-0.3, -0.25) is 4.79 Å². The minimum Gasteiger partial charge on any atom is -0.486 e. The van der Waals surface area contributed by atoms with Crippen LogP contribution in [0.2, 0.25) is 0 Å². The number of nitrogens with one attached hydrogen (secondary N) is 1. The molecule has 0 atom stereocenters. The van der Waals surface area contributed by atoms with E-state index in [0.717, 1.165) is 22.6 Å². The molecule has 1 N–H and O–H groups in total. The molecule has 0 aliphatic rings. The molecular weight excluding hydrogens is 338 g/mol. The van der Waals surface area contributed by atoms with Gasteiger partial charge in [0.1, 0.15) is 18.0 Å². The molecule has 5 heteroatoms. The van der Waals surface area contributed by atoms with Crippen molar-refractivity contribution >= 4 is 17.2 Å². The van der Waals surface area contributed by atoms with Crippen LogP contribution in [0.4, 0.5) is 5.69 Å². The molecule has 0 fully saturated rings. The second-order valence-corrected chi connectivity index (χ2v) is 6.25. The van der Waals surface area contributed by atoms with Gasteiger partial charge in [0.2, 0.25) is 0 Å². The molecule has 2 aromatic carbocycles. The second-order valence-electron chi connectivity index (χ2n) is 6.25. The molecule has 0 spiro atoms. The highest BCUT2D eigenvalue weighted by Gasteiger charge is 2.14. The summed E-state index contributed by atoms with van der Waals surface area (Å²) in [7, 11) is 0. The van der Waals surface area contributed by atoms with Gasteiger partial charge in [0, 0.05) is 18.1 Å². The minimum atomic E-state index is -0.199. The van der Waals surface area contributed by atoms with Gasteiger partial charge in [0.05, 0.1) is 11.3 Å². The van der Waals surface area contributed by atoms with Crippen LogP contribution in [0.25, 0.3) is 5.65 Å². The summed E-state index contributed by atoms with van der Waals surface area (Å²) in [4.78, 5) is 17.2. The summed E-state index contributed by atoms with van der Waals surface area (Å²) >= 11 is 0. The van der Waals surface area contributed by atoms with Crippen molar-refractivity contribution < 1.29 is 9.53 Å². The number of rotatable bonds is 5. The molecule has 2 heterocycles. The fourth-order valence-electron chi connectivity index (χ4n) is 2.89. The van der Waals surface area contributed by atoms with Crippen LogP contribution < -0.4 is 10.1 Å². The van der Waals surface area contributed by atoms with Crippen molar-refractivity contribution in [1.82, 2.24) is 9.38 Å². The number of hydrogen-bond acceptors (Lipinski definition) is 3. The minimum absolute atomic E-state index is 0.199. The number of anilines is 1. The average Bonchev–Trinajstić information content (AvgIpc) is 3.11. The van der Waals surface area contributed by atoms with Crippen molar-refractivity contribution in [2.75, 3.05) is 5.32 Å². The normalized spacial score (nSPS) is 10.7. The van der Waals surface area contributed by atoms with Crippen LogP contribution in [-0.4, -0.2) is 15.3 Å². The summed E-state index contributed by atoms with van der Waals surface area (Å²) in [5, 5.41) is 2.95. The summed E-state index contributed by atoms with van der Waals surface area (Å²) in [5.74, 6) is 0.329.